The quantitative estimate of drug-likeness (QED) is 0.892. The molecule has 1 aromatic heterocycles. The van der Waals surface area contributed by atoms with Crippen LogP contribution in [-0.4, -0.2) is 51.3 Å². The van der Waals surface area contributed by atoms with E-state index in [1.165, 1.54) is 12.1 Å². The summed E-state index contributed by atoms with van der Waals surface area (Å²) in [6.45, 7) is 3.16. The van der Waals surface area contributed by atoms with Gasteiger partial charge in [-0.1, -0.05) is 0 Å². The van der Waals surface area contributed by atoms with E-state index in [-0.39, 0.29) is 22.9 Å². The Bertz CT molecular complexity index is 752. The van der Waals surface area contributed by atoms with Crippen molar-refractivity contribution < 1.29 is 9.59 Å². The number of rotatable bonds is 2. The number of carbonyl (C=O) groups excluding carboxylic acids is 2. The topological polar surface area (TPSA) is 73.5 Å². The van der Waals surface area contributed by atoms with Crippen LogP contribution in [0.2, 0.25) is 0 Å². The number of nitrogens with one attached hydrogen (secondary N) is 1. The number of likely N-dealkylation sites (tertiary alicyclic amines) is 2. The summed E-state index contributed by atoms with van der Waals surface area (Å²) in [5.41, 5.74) is 0.0715. The number of carbonyl (C=O) groups is 2. The summed E-state index contributed by atoms with van der Waals surface area (Å²) in [4.78, 5) is 44.7. The number of nitrogens with zero attached hydrogens (tertiary/aromatic N) is 2. The van der Waals surface area contributed by atoms with Crippen molar-refractivity contribution in [3.63, 3.8) is 0 Å². The molecule has 1 aliphatic carbocycles. The molecule has 1 saturated carbocycles. The fraction of sp³-hybridized carbons (Fsp3) is 0.611. The molecular formula is C18H23N3O3. The third-order valence-corrected chi connectivity index (χ3v) is 5.58. The number of H-pyrrole nitrogens is 1. The van der Waals surface area contributed by atoms with E-state index in [9.17, 15) is 14.4 Å². The van der Waals surface area contributed by atoms with Crippen LogP contribution in [0.4, 0.5) is 0 Å². The van der Waals surface area contributed by atoms with Gasteiger partial charge in [0.1, 0.15) is 11.2 Å². The van der Waals surface area contributed by atoms with E-state index in [1.807, 2.05) is 4.90 Å². The number of piperidine rings is 1. The Morgan fingerprint density at radius 2 is 1.88 bits per heavy atom. The first-order valence-corrected chi connectivity index (χ1v) is 8.85. The van der Waals surface area contributed by atoms with Crippen molar-refractivity contribution in [2.45, 2.75) is 57.0 Å². The maximum Gasteiger partial charge on any atom is 0.271 e. The second-order valence-electron chi connectivity index (χ2n) is 7.34. The van der Waals surface area contributed by atoms with Gasteiger partial charge in [0, 0.05) is 37.0 Å². The fourth-order valence-corrected chi connectivity index (χ4v) is 4.35. The molecule has 1 N–H and O–H groups in total. The maximum absolute atomic E-state index is 13.2. The minimum atomic E-state index is -0.696. The van der Waals surface area contributed by atoms with Gasteiger partial charge in [0.15, 0.2) is 5.43 Å². The van der Waals surface area contributed by atoms with Crippen LogP contribution in [0.1, 0.15) is 54.7 Å². The lowest BCUT2D eigenvalue weighted by Gasteiger charge is -2.44. The molecular weight excluding hydrogens is 306 g/mol. The van der Waals surface area contributed by atoms with E-state index >= 15 is 0 Å². The second kappa shape index (κ2) is 5.46. The van der Waals surface area contributed by atoms with Gasteiger partial charge in [-0.25, -0.2) is 0 Å². The summed E-state index contributed by atoms with van der Waals surface area (Å²) in [6.07, 6.45) is 5.41. The predicted molar refractivity (Wildman–Crippen MR) is 88.8 cm³/mol. The van der Waals surface area contributed by atoms with Crippen LogP contribution in [-0.2, 0) is 4.79 Å². The molecule has 24 heavy (non-hydrogen) atoms. The van der Waals surface area contributed by atoms with Crippen molar-refractivity contribution >= 4 is 11.8 Å². The Kier molecular flexibility index (Phi) is 3.51. The number of aryl methyl sites for hydroxylation is 1. The molecule has 0 radical (unpaired) electrons. The molecule has 128 valence electrons. The summed E-state index contributed by atoms with van der Waals surface area (Å²) in [7, 11) is 0. The van der Waals surface area contributed by atoms with Gasteiger partial charge in [-0.15, -0.1) is 0 Å². The highest BCUT2D eigenvalue weighted by Crippen LogP contribution is 2.42. The highest BCUT2D eigenvalue weighted by atomic mass is 16.2. The monoisotopic (exact) mass is 329 g/mol. The van der Waals surface area contributed by atoms with Crippen LogP contribution < -0.4 is 5.43 Å². The molecule has 2 aliphatic heterocycles. The van der Waals surface area contributed by atoms with Crippen LogP contribution in [0.15, 0.2) is 16.9 Å². The summed E-state index contributed by atoms with van der Waals surface area (Å²) in [5.74, 6) is -0.101. The Labute approximate surface area is 140 Å². The Morgan fingerprint density at radius 1 is 1.17 bits per heavy atom. The van der Waals surface area contributed by atoms with Crippen LogP contribution in [0, 0.1) is 6.92 Å². The van der Waals surface area contributed by atoms with Crippen molar-refractivity contribution in [3.8, 4) is 0 Å². The minimum absolute atomic E-state index is 0.122. The molecule has 1 unspecified atom stereocenters. The molecule has 6 nitrogen and oxygen atoms in total. The van der Waals surface area contributed by atoms with Gasteiger partial charge in [-0.2, -0.15) is 0 Å². The highest BCUT2D eigenvalue weighted by molar-refractivity contribution is 5.99. The normalized spacial score (nSPS) is 27.1. The van der Waals surface area contributed by atoms with Gasteiger partial charge in [0.05, 0.1) is 0 Å². The first kappa shape index (κ1) is 15.4. The van der Waals surface area contributed by atoms with E-state index in [0.717, 1.165) is 45.1 Å². The van der Waals surface area contributed by atoms with E-state index in [2.05, 4.69) is 4.98 Å². The maximum atomic E-state index is 13.2. The zero-order chi connectivity index (χ0) is 16.9. The first-order chi connectivity index (χ1) is 11.5. The van der Waals surface area contributed by atoms with Gasteiger partial charge in [0.25, 0.3) is 5.91 Å². The van der Waals surface area contributed by atoms with Crippen LogP contribution in [0.3, 0.4) is 0 Å². The number of aromatic nitrogens is 1. The minimum Gasteiger partial charge on any atom is -0.354 e. The van der Waals surface area contributed by atoms with Crippen LogP contribution in [0.5, 0.6) is 0 Å². The largest absolute Gasteiger partial charge is 0.354 e. The average molecular weight is 329 g/mol. The molecule has 1 aromatic rings. The first-order valence-electron chi connectivity index (χ1n) is 8.85. The number of hydrogen-bond acceptors (Lipinski definition) is 3. The standard InChI is InChI=1S/C18H23N3O3/c1-12-10-14(22)11-15(19-12)16(23)21-9-3-7-18(21)6-2-8-20(17(18)24)13-4-5-13/h10-11,13H,2-9H2,1H3,(H,19,22). The predicted octanol–water partition coefficient (Wildman–Crippen LogP) is 1.44. The number of pyridine rings is 1. The second-order valence-corrected chi connectivity index (χ2v) is 7.34. The fourth-order valence-electron chi connectivity index (χ4n) is 4.35. The molecule has 0 bridgehead atoms. The molecule has 2 saturated heterocycles. The van der Waals surface area contributed by atoms with Crippen molar-refractivity contribution in [1.82, 2.24) is 14.8 Å². The molecule has 1 atom stereocenters. The van der Waals surface area contributed by atoms with Gasteiger partial charge >= 0.3 is 0 Å². The zero-order valence-electron chi connectivity index (χ0n) is 14.0. The Balaban J connectivity index is 1.67. The Morgan fingerprint density at radius 3 is 2.54 bits per heavy atom. The number of aromatic amines is 1. The van der Waals surface area contributed by atoms with E-state index in [1.54, 1.807) is 11.8 Å². The summed E-state index contributed by atoms with van der Waals surface area (Å²) >= 11 is 0. The van der Waals surface area contributed by atoms with Gasteiger partial charge in [0.2, 0.25) is 5.91 Å². The molecule has 2 amide bonds. The third kappa shape index (κ3) is 2.36. The summed E-state index contributed by atoms with van der Waals surface area (Å²) < 4.78 is 0. The van der Waals surface area contributed by atoms with Gasteiger partial charge in [-0.3, -0.25) is 14.4 Å². The Hall–Kier alpha value is -2.11. The summed E-state index contributed by atoms with van der Waals surface area (Å²) in [5, 5.41) is 0. The van der Waals surface area contributed by atoms with Crippen LogP contribution >= 0.6 is 0 Å². The lowest BCUT2D eigenvalue weighted by Crippen LogP contribution is -2.61. The zero-order valence-corrected chi connectivity index (χ0v) is 14.0. The molecule has 4 rings (SSSR count). The average Bonchev–Trinajstić information content (AvgIpc) is 3.29. The number of amides is 2. The lowest BCUT2D eigenvalue weighted by atomic mass is 9.85. The molecule has 3 fully saturated rings. The molecule has 1 spiro atoms. The third-order valence-electron chi connectivity index (χ3n) is 5.58. The molecule has 3 aliphatic rings. The van der Waals surface area contributed by atoms with Gasteiger partial charge in [-0.05, 0) is 45.4 Å². The van der Waals surface area contributed by atoms with E-state index in [0.29, 0.717) is 18.3 Å². The van der Waals surface area contributed by atoms with Gasteiger partial charge < -0.3 is 14.8 Å². The molecule has 3 heterocycles. The molecule has 6 heteroatoms. The van der Waals surface area contributed by atoms with E-state index in [4.69, 9.17) is 0 Å². The SMILES string of the molecule is Cc1cc(=O)cc(C(=O)N2CCCC23CCCN(C2CC2)C3=O)[nH]1. The van der Waals surface area contributed by atoms with Crippen molar-refractivity contribution in [2.75, 3.05) is 13.1 Å². The lowest BCUT2D eigenvalue weighted by molar-refractivity contribution is -0.146. The summed E-state index contributed by atoms with van der Waals surface area (Å²) in [6, 6.07) is 3.19. The smallest absolute Gasteiger partial charge is 0.271 e. The number of hydrogen-bond donors (Lipinski definition) is 1. The van der Waals surface area contributed by atoms with Crippen molar-refractivity contribution in [3.05, 3.63) is 33.7 Å². The van der Waals surface area contributed by atoms with Crippen molar-refractivity contribution in [1.29, 1.82) is 0 Å². The highest BCUT2D eigenvalue weighted by Gasteiger charge is 2.54. The molecule has 0 aromatic carbocycles. The van der Waals surface area contributed by atoms with Crippen LogP contribution in [0.25, 0.3) is 0 Å². The van der Waals surface area contributed by atoms with E-state index < -0.39 is 5.54 Å². The van der Waals surface area contributed by atoms with Crippen molar-refractivity contribution in [2.24, 2.45) is 0 Å².